The van der Waals surface area contributed by atoms with E-state index < -0.39 is 0 Å². The predicted molar refractivity (Wildman–Crippen MR) is 48.2 cm³/mol. The largest absolute Gasteiger partial charge is 0.361 e. The number of nitrogens with zero attached hydrogens (tertiary/aromatic N) is 2. The summed E-state index contributed by atoms with van der Waals surface area (Å²) in [6.45, 7) is 5.58. The number of nitrogens with one attached hydrogen (secondary N) is 1. The SMILES string of the molecule is C=CC(C)Nc1nsnc1Cl. The quantitative estimate of drug-likeness (QED) is 0.741. The molecule has 3 nitrogen and oxygen atoms in total. The summed E-state index contributed by atoms with van der Waals surface area (Å²) in [5, 5.41) is 3.45. The summed E-state index contributed by atoms with van der Waals surface area (Å²) in [6.07, 6.45) is 1.77. The lowest BCUT2D eigenvalue weighted by atomic mass is 10.3. The van der Waals surface area contributed by atoms with Crippen LogP contribution in [-0.2, 0) is 0 Å². The van der Waals surface area contributed by atoms with E-state index in [9.17, 15) is 0 Å². The number of hydrogen-bond donors (Lipinski definition) is 1. The maximum atomic E-state index is 5.68. The summed E-state index contributed by atoms with van der Waals surface area (Å²) in [7, 11) is 0. The summed E-state index contributed by atoms with van der Waals surface area (Å²) in [4.78, 5) is 0. The van der Waals surface area contributed by atoms with E-state index in [-0.39, 0.29) is 6.04 Å². The van der Waals surface area contributed by atoms with E-state index in [1.807, 2.05) is 6.92 Å². The number of aromatic nitrogens is 2. The van der Waals surface area contributed by atoms with E-state index in [0.717, 1.165) is 11.7 Å². The van der Waals surface area contributed by atoms with E-state index in [1.165, 1.54) is 0 Å². The van der Waals surface area contributed by atoms with Crippen molar-refractivity contribution in [2.24, 2.45) is 0 Å². The van der Waals surface area contributed by atoms with E-state index in [2.05, 4.69) is 20.6 Å². The Hall–Kier alpha value is -0.610. The van der Waals surface area contributed by atoms with Gasteiger partial charge in [0.25, 0.3) is 0 Å². The number of halogens is 1. The van der Waals surface area contributed by atoms with Crippen LogP contribution in [0.5, 0.6) is 0 Å². The Morgan fingerprint density at radius 3 is 2.91 bits per heavy atom. The van der Waals surface area contributed by atoms with Crippen LogP contribution in [0.15, 0.2) is 12.7 Å². The molecule has 5 heteroatoms. The molecular formula is C6H8ClN3S. The van der Waals surface area contributed by atoms with Gasteiger partial charge in [-0.05, 0) is 6.92 Å². The normalized spacial score (nSPS) is 12.5. The van der Waals surface area contributed by atoms with Crippen molar-refractivity contribution in [3.05, 3.63) is 17.8 Å². The molecule has 0 aromatic carbocycles. The molecular weight excluding hydrogens is 182 g/mol. The highest BCUT2D eigenvalue weighted by atomic mass is 35.5. The van der Waals surface area contributed by atoms with E-state index in [0.29, 0.717) is 11.0 Å². The van der Waals surface area contributed by atoms with Crippen molar-refractivity contribution in [1.29, 1.82) is 0 Å². The third-order valence-electron chi connectivity index (χ3n) is 1.17. The number of rotatable bonds is 3. The zero-order valence-corrected chi connectivity index (χ0v) is 7.61. The molecule has 60 valence electrons. The molecule has 11 heavy (non-hydrogen) atoms. The van der Waals surface area contributed by atoms with Gasteiger partial charge in [0.15, 0.2) is 11.0 Å². The van der Waals surface area contributed by atoms with Crippen molar-refractivity contribution in [3.8, 4) is 0 Å². The van der Waals surface area contributed by atoms with Crippen molar-refractivity contribution < 1.29 is 0 Å². The molecule has 1 aromatic heterocycles. The van der Waals surface area contributed by atoms with Crippen LogP contribution in [0.25, 0.3) is 0 Å². The predicted octanol–water partition coefficient (Wildman–Crippen LogP) is 2.18. The molecule has 0 saturated heterocycles. The van der Waals surface area contributed by atoms with Gasteiger partial charge < -0.3 is 5.32 Å². The van der Waals surface area contributed by atoms with Gasteiger partial charge in [0, 0.05) is 6.04 Å². The zero-order valence-electron chi connectivity index (χ0n) is 6.04. The minimum absolute atomic E-state index is 0.163. The Balaban J connectivity index is 2.63. The first-order valence-electron chi connectivity index (χ1n) is 3.11. The molecule has 0 saturated carbocycles. The van der Waals surface area contributed by atoms with Gasteiger partial charge in [0.2, 0.25) is 0 Å². The Kier molecular flexibility index (Phi) is 2.84. The molecule has 0 amide bonds. The van der Waals surface area contributed by atoms with Gasteiger partial charge in [0.05, 0.1) is 11.7 Å². The van der Waals surface area contributed by atoms with E-state index in [1.54, 1.807) is 6.08 Å². The molecule has 0 aliphatic heterocycles. The maximum Gasteiger partial charge on any atom is 0.186 e. The fourth-order valence-corrected chi connectivity index (χ4v) is 1.20. The standard InChI is InChI=1S/C6H8ClN3S/c1-3-4(2)8-6-5(7)9-11-10-6/h3-4H,1H2,2H3,(H,8,10). The van der Waals surface area contributed by atoms with Gasteiger partial charge in [0.1, 0.15) is 0 Å². The van der Waals surface area contributed by atoms with Crippen molar-refractivity contribution in [1.82, 2.24) is 8.75 Å². The van der Waals surface area contributed by atoms with E-state index >= 15 is 0 Å². The van der Waals surface area contributed by atoms with Gasteiger partial charge in [-0.15, -0.1) is 6.58 Å². The first kappa shape index (κ1) is 8.49. The molecule has 0 fully saturated rings. The zero-order chi connectivity index (χ0) is 8.27. The Morgan fingerprint density at radius 1 is 1.73 bits per heavy atom. The summed E-state index contributed by atoms with van der Waals surface area (Å²) in [5.74, 6) is 0.629. The van der Waals surface area contributed by atoms with Gasteiger partial charge in [-0.1, -0.05) is 17.7 Å². The van der Waals surface area contributed by atoms with Crippen LogP contribution >= 0.6 is 23.3 Å². The first-order valence-corrected chi connectivity index (χ1v) is 4.22. The molecule has 0 radical (unpaired) electrons. The Morgan fingerprint density at radius 2 is 2.45 bits per heavy atom. The third-order valence-corrected chi connectivity index (χ3v) is 2.06. The Bertz CT molecular complexity index is 248. The van der Waals surface area contributed by atoms with E-state index in [4.69, 9.17) is 11.6 Å². The van der Waals surface area contributed by atoms with Crippen molar-refractivity contribution >= 4 is 29.1 Å². The lowest BCUT2D eigenvalue weighted by Crippen LogP contribution is -2.11. The number of hydrogen-bond acceptors (Lipinski definition) is 4. The highest BCUT2D eigenvalue weighted by Gasteiger charge is 2.05. The minimum Gasteiger partial charge on any atom is -0.361 e. The second kappa shape index (κ2) is 3.69. The minimum atomic E-state index is 0.163. The van der Waals surface area contributed by atoms with Crippen molar-refractivity contribution in [3.63, 3.8) is 0 Å². The molecule has 0 aliphatic carbocycles. The van der Waals surface area contributed by atoms with Crippen LogP contribution in [0.3, 0.4) is 0 Å². The van der Waals surface area contributed by atoms with Crippen LogP contribution in [0, 0.1) is 0 Å². The summed E-state index contributed by atoms with van der Waals surface area (Å²) >= 11 is 6.77. The topological polar surface area (TPSA) is 37.8 Å². The molecule has 0 aliphatic rings. The molecule has 1 heterocycles. The third kappa shape index (κ3) is 2.17. The van der Waals surface area contributed by atoms with Crippen LogP contribution in [-0.4, -0.2) is 14.8 Å². The molecule has 0 spiro atoms. The van der Waals surface area contributed by atoms with Gasteiger partial charge in [-0.2, -0.15) is 8.75 Å². The van der Waals surface area contributed by atoms with Gasteiger partial charge in [-0.3, -0.25) is 0 Å². The summed E-state index contributed by atoms with van der Waals surface area (Å²) in [5.41, 5.74) is 0. The van der Waals surface area contributed by atoms with Crippen molar-refractivity contribution in [2.45, 2.75) is 13.0 Å². The highest BCUT2D eigenvalue weighted by Crippen LogP contribution is 2.18. The lowest BCUT2D eigenvalue weighted by molar-refractivity contribution is 0.992. The average molecular weight is 190 g/mol. The van der Waals surface area contributed by atoms with Gasteiger partial charge in [-0.25, -0.2) is 0 Å². The first-order chi connectivity index (χ1) is 5.24. The smallest absolute Gasteiger partial charge is 0.186 e. The molecule has 0 bridgehead atoms. The second-order valence-electron chi connectivity index (χ2n) is 2.07. The summed E-state index contributed by atoms with van der Waals surface area (Å²) in [6, 6.07) is 0.163. The second-order valence-corrected chi connectivity index (χ2v) is 2.96. The fraction of sp³-hybridized carbons (Fsp3) is 0.333. The molecule has 1 unspecified atom stereocenters. The molecule has 1 aromatic rings. The lowest BCUT2D eigenvalue weighted by Gasteiger charge is -2.05. The maximum absolute atomic E-state index is 5.68. The van der Waals surface area contributed by atoms with Crippen LogP contribution in [0.2, 0.25) is 5.15 Å². The summed E-state index contributed by atoms with van der Waals surface area (Å²) < 4.78 is 7.75. The fourth-order valence-electron chi connectivity index (χ4n) is 0.538. The molecule has 1 atom stereocenters. The van der Waals surface area contributed by atoms with Crippen LogP contribution in [0.1, 0.15) is 6.92 Å². The van der Waals surface area contributed by atoms with Crippen molar-refractivity contribution in [2.75, 3.05) is 5.32 Å². The highest BCUT2D eigenvalue weighted by molar-refractivity contribution is 6.99. The average Bonchev–Trinajstić information content (AvgIpc) is 2.37. The monoisotopic (exact) mass is 189 g/mol. The molecule has 1 rings (SSSR count). The van der Waals surface area contributed by atoms with Gasteiger partial charge >= 0.3 is 0 Å². The molecule has 1 N–H and O–H groups in total. The number of anilines is 1. The van der Waals surface area contributed by atoms with Crippen LogP contribution in [0.4, 0.5) is 5.82 Å². The van der Waals surface area contributed by atoms with Crippen LogP contribution < -0.4 is 5.32 Å². The Labute approximate surface area is 74.4 Å².